The van der Waals surface area contributed by atoms with Gasteiger partial charge in [0.25, 0.3) is 0 Å². The summed E-state index contributed by atoms with van der Waals surface area (Å²) in [5, 5.41) is 0. The standard InChI is InChI=1S/C11H18N2O3S/c1-10(2)9-16-13-17(14,15)8-6-11-5-3-4-7-12-11/h3-5,7,10,13H,6,8-9H2,1-2H3. The summed E-state index contributed by atoms with van der Waals surface area (Å²) in [5.41, 5.74) is 0.752. The van der Waals surface area contributed by atoms with Crippen LogP contribution in [0.5, 0.6) is 0 Å². The lowest BCUT2D eigenvalue weighted by atomic mass is 10.2. The van der Waals surface area contributed by atoms with E-state index in [1.807, 2.05) is 19.9 Å². The molecule has 0 bridgehead atoms. The minimum atomic E-state index is -3.39. The Hall–Kier alpha value is -0.980. The Labute approximate surface area is 102 Å². The fourth-order valence-corrected chi connectivity index (χ4v) is 1.93. The predicted octanol–water partition coefficient (Wildman–Crippen LogP) is 1.13. The van der Waals surface area contributed by atoms with Gasteiger partial charge in [0, 0.05) is 18.3 Å². The van der Waals surface area contributed by atoms with Gasteiger partial charge in [-0.15, -0.1) is 0 Å². The first-order valence-electron chi connectivity index (χ1n) is 5.51. The van der Waals surface area contributed by atoms with E-state index in [0.29, 0.717) is 13.0 Å². The number of hydrogen-bond donors (Lipinski definition) is 1. The van der Waals surface area contributed by atoms with E-state index in [1.165, 1.54) is 0 Å². The van der Waals surface area contributed by atoms with Crippen LogP contribution in [-0.4, -0.2) is 25.8 Å². The largest absolute Gasteiger partial charge is 0.287 e. The summed E-state index contributed by atoms with van der Waals surface area (Å²) >= 11 is 0. The van der Waals surface area contributed by atoms with Crippen molar-refractivity contribution in [2.45, 2.75) is 20.3 Å². The van der Waals surface area contributed by atoms with Gasteiger partial charge in [-0.3, -0.25) is 9.82 Å². The Kier molecular flexibility index (Phi) is 5.54. The van der Waals surface area contributed by atoms with Gasteiger partial charge in [0.05, 0.1) is 12.4 Å². The molecule has 1 aromatic rings. The normalized spacial score (nSPS) is 11.9. The van der Waals surface area contributed by atoms with E-state index in [9.17, 15) is 8.42 Å². The van der Waals surface area contributed by atoms with Gasteiger partial charge < -0.3 is 0 Å². The molecule has 1 rings (SSSR count). The van der Waals surface area contributed by atoms with Gasteiger partial charge in [0.1, 0.15) is 0 Å². The zero-order valence-corrected chi connectivity index (χ0v) is 10.9. The molecule has 96 valence electrons. The number of sulfonamides is 1. The molecule has 0 fully saturated rings. The molecule has 1 heterocycles. The highest BCUT2D eigenvalue weighted by atomic mass is 32.2. The van der Waals surface area contributed by atoms with E-state index >= 15 is 0 Å². The Balaban J connectivity index is 2.35. The fraction of sp³-hybridized carbons (Fsp3) is 0.545. The lowest BCUT2D eigenvalue weighted by molar-refractivity contribution is 0.0719. The summed E-state index contributed by atoms with van der Waals surface area (Å²) in [7, 11) is -3.39. The van der Waals surface area contributed by atoms with Gasteiger partial charge in [-0.1, -0.05) is 24.8 Å². The first-order chi connectivity index (χ1) is 7.99. The van der Waals surface area contributed by atoms with Crippen molar-refractivity contribution in [2.75, 3.05) is 12.4 Å². The van der Waals surface area contributed by atoms with E-state index in [-0.39, 0.29) is 11.7 Å². The quantitative estimate of drug-likeness (QED) is 0.744. The molecule has 0 saturated heterocycles. The topological polar surface area (TPSA) is 68.3 Å². The highest BCUT2D eigenvalue weighted by Gasteiger charge is 2.11. The first kappa shape index (κ1) is 14.1. The van der Waals surface area contributed by atoms with Crippen molar-refractivity contribution in [3.63, 3.8) is 0 Å². The molecule has 0 aliphatic heterocycles. The lowest BCUT2D eigenvalue weighted by Crippen LogP contribution is -2.29. The number of pyridine rings is 1. The minimum Gasteiger partial charge on any atom is -0.287 e. The third-order valence-corrected chi connectivity index (χ3v) is 3.07. The average molecular weight is 258 g/mol. The van der Waals surface area contributed by atoms with Crippen molar-refractivity contribution in [3.8, 4) is 0 Å². The molecule has 0 spiro atoms. The molecule has 17 heavy (non-hydrogen) atoms. The molecular formula is C11H18N2O3S. The smallest absolute Gasteiger partial charge is 0.233 e. The fourth-order valence-electron chi connectivity index (χ4n) is 1.12. The number of aryl methyl sites for hydroxylation is 1. The summed E-state index contributed by atoms with van der Waals surface area (Å²) in [5.74, 6) is 0.260. The summed E-state index contributed by atoms with van der Waals surface area (Å²) in [6.45, 7) is 4.26. The van der Waals surface area contributed by atoms with E-state index in [0.717, 1.165) is 5.69 Å². The summed E-state index contributed by atoms with van der Waals surface area (Å²) in [6.07, 6.45) is 2.02. The van der Waals surface area contributed by atoms with E-state index in [4.69, 9.17) is 4.84 Å². The molecule has 0 aromatic carbocycles. The maximum Gasteiger partial charge on any atom is 0.233 e. The number of nitrogens with zero attached hydrogens (tertiary/aromatic N) is 1. The van der Waals surface area contributed by atoms with Gasteiger partial charge in [-0.2, -0.15) is 0 Å². The third-order valence-electron chi connectivity index (χ3n) is 1.96. The monoisotopic (exact) mass is 258 g/mol. The molecule has 0 aliphatic rings. The average Bonchev–Trinajstić information content (AvgIpc) is 2.27. The Bertz CT molecular complexity index is 418. The van der Waals surface area contributed by atoms with Crippen LogP contribution in [-0.2, 0) is 21.3 Å². The highest BCUT2D eigenvalue weighted by Crippen LogP contribution is 1.98. The lowest BCUT2D eigenvalue weighted by Gasteiger charge is -2.08. The molecule has 1 N–H and O–H groups in total. The van der Waals surface area contributed by atoms with Crippen LogP contribution in [0.4, 0.5) is 0 Å². The van der Waals surface area contributed by atoms with Crippen LogP contribution in [0.3, 0.4) is 0 Å². The van der Waals surface area contributed by atoms with Gasteiger partial charge in [0.2, 0.25) is 10.0 Å². The van der Waals surface area contributed by atoms with Crippen LogP contribution in [0, 0.1) is 5.92 Å². The van der Waals surface area contributed by atoms with E-state index in [2.05, 4.69) is 9.87 Å². The summed E-state index contributed by atoms with van der Waals surface area (Å²) in [4.78, 5) is 11.1. The van der Waals surface area contributed by atoms with Crippen LogP contribution >= 0.6 is 0 Å². The molecule has 6 heteroatoms. The van der Waals surface area contributed by atoms with Gasteiger partial charge in [0.15, 0.2) is 0 Å². The maximum atomic E-state index is 11.5. The second kappa shape index (κ2) is 6.68. The number of nitrogens with one attached hydrogen (secondary N) is 1. The van der Waals surface area contributed by atoms with E-state index in [1.54, 1.807) is 18.3 Å². The van der Waals surface area contributed by atoms with Crippen molar-refractivity contribution in [1.29, 1.82) is 0 Å². The Morgan fingerprint density at radius 2 is 2.18 bits per heavy atom. The van der Waals surface area contributed by atoms with Crippen molar-refractivity contribution < 1.29 is 13.3 Å². The minimum absolute atomic E-state index is 0.0257. The van der Waals surface area contributed by atoms with Crippen molar-refractivity contribution >= 4 is 10.0 Å². The zero-order valence-electron chi connectivity index (χ0n) is 10.1. The van der Waals surface area contributed by atoms with Crippen LogP contribution in [0.25, 0.3) is 0 Å². The van der Waals surface area contributed by atoms with Crippen molar-refractivity contribution in [1.82, 2.24) is 9.87 Å². The van der Waals surface area contributed by atoms with Crippen LogP contribution in [0.15, 0.2) is 24.4 Å². The van der Waals surface area contributed by atoms with Crippen LogP contribution < -0.4 is 4.89 Å². The number of hydrogen-bond acceptors (Lipinski definition) is 4. The Morgan fingerprint density at radius 3 is 2.76 bits per heavy atom. The zero-order chi connectivity index (χ0) is 12.7. The molecule has 1 aromatic heterocycles. The first-order valence-corrected chi connectivity index (χ1v) is 7.16. The highest BCUT2D eigenvalue weighted by molar-refractivity contribution is 7.89. The maximum absolute atomic E-state index is 11.5. The SMILES string of the molecule is CC(C)CONS(=O)(=O)CCc1ccccn1. The molecule has 0 aliphatic carbocycles. The van der Waals surface area contributed by atoms with Crippen LogP contribution in [0.2, 0.25) is 0 Å². The molecule has 0 saturated carbocycles. The number of rotatable bonds is 7. The van der Waals surface area contributed by atoms with Gasteiger partial charge >= 0.3 is 0 Å². The molecule has 0 radical (unpaired) electrons. The summed E-state index contributed by atoms with van der Waals surface area (Å²) in [6, 6.07) is 5.42. The second-order valence-corrected chi connectivity index (χ2v) is 5.98. The summed E-state index contributed by atoms with van der Waals surface area (Å²) < 4.78 is 23.0. The Morgan fingerprint density at radius 1 is 1.41 bits per heavy atom. The molecular weight excluding hydrogens is 240 g/mol. The van der Waals surface area contributed by atoms with Crippen molar-refractivity contribution in [3.05, 3.63) is 30.1 Å². The van der Waals surface area contributed by atoms with E-state index < -0.39 is 10.0 Å². The predicted molar refractivity (Wildman–Crippen MR) is 65.7 cm³/mol. The van der Waals surface area contributed by atoms with Crippen molar-refractivity contribution in [2.24, 2.45) is 5.92 Å². The third kappa shape index (κ3) is 6.35. The van der Waals surface area contributed by atoms with Crippen LogP contribution in [0.1, 0.15) is 19.5 Å². The molecule has 0 unspecified atom stereocenters. The molecule has 0 atom stereocenters. The number of aromatic nitrogens is 1. The molecule has 0 amide bonds. The van der Waals surface area contributed by atoms with Gasteiger partial charge in [-0.25, -0.2) is 8.42 Å². The van der Waals surface area contributed by atoms with Gasteiger partial charge in [-0.05, 0) is 18.1 Å². The molecule has 5 nitrogen and oxygen atoms in total. The second-order valence-electron chi connectivity index (χ2n) is 4.18.